The molecular formula is C26H19N3O2S2. The van der Waals surface area contributed by atoms with Gasteiger partial charge in [0.15, 0.2) is 5.13 Å². The third kappa shape index (κ3) is 4.20. The number of hydrogen-bond acceptors (Lipinski definition) is 6. The third-order valence-corrected chi connectivity index (χ3v) is 6.94. The van der Waals surface area contributed by atoms with E-state index in [-0.39, 0.29) is 11.1 Å². The third-order valence-electron chi connectivity index (χ3n) is 5.36. The molecule has 2 amide bonds. The van der Waals surface area contributed by atoms with E-state index >= 15 is 0 Å². The summed E-state index contributed by atoms with van der Waals surface area (Å²) in [4.78, 5) is 28.5. The van der Waals surface area contributed by atoms with Crippen LogP contribution in [0.15, 0.2) is 101 Å². The Hall–Kier alpha value is -3.68. The molecule has 0 bridgehead atoms. The van der Waals surface area contributed by atoms with E-state index in [0.717, 1.165) is 28.5 Å². The highest BCUT2D eigenvalue weighted by Gasteiger charge is 2.37. The molecule has 0 unspecified atom stereocenters. The Labute approximate surface area is 199 Å². The quantitative estimate of drug-likeness (QED) is 0.273. The van der Waals surface area contributed by atoms with Crippen molar-refractivity contribution >= 4 is 45.5 Å². The van der Waals surface area contributed by atoms with Crippen LogP contribution in [0.25, 0.3) is 6.08 Å². The van der Waals surface area contributed by atoms with Crippen LogP contribution in [0.3, 0.4) is 0 Å². The lowest BCUT2D eigenvalue weighted by atomic mass is 9.77. The number of thioether (sulfide) groups is 1. The predicted molar refractivity (Wildman–Crippen MR) is 134 cm³/mol. The Morgan fingerprint density at radius 2 is 1.30 bits per heavy atom. The van der Waals surface area contributed by atoms with Crippen LogP contribution in [0, 0.1) is 0 Å². The molecule has 4 aromatic rings. The van der Waals surface area contributed by atoms with Crippen molar-refractivity contribution in [2.75, 3.05) is 5.32 Å². The van der Waals surface area contributed by atoms with Crippen molar-refractivity contribution in [2.24, 2.45) is 0 Å². The zero-order valence-corrected chi connectivity index (χ0v) is 19.0. The maximum Gasteiger partial charge on any atom is 0.290 e. The number of benzene rings is 3. The summed E-state index contributed by atoms with van der Waals surface area (Å²) in [5, 5.41) is 8.19. The molecule has 0 saturated carbocycles. The van der Waals surface area contributed by atoms with Crippen molar-refractivity contribution in [3.63, 3.8) is 0 Å². The van der Waals surface area contributed by atoms with Crippen LogP contribution in [0.5, 0.6) is 0 Å². The smallest absolute Gasteiger partial charge is 0.290 e. The van der Waals surface area contributed by atoms with Crippen LogP contribution in [-0.4, -0.2) is 16.1 Å². The Kier molecular flexibility index (Phi) is 5.81. The Morgan fingerprint density at radius 3 is 1.76 bits per heavy atom. The Morgan fingerprint density at radius 1 is 0.788 bits per heavy atom. The van der Waals surface area contributed by atoms with Crippen LogP contribution in [0.1, 0.15) is 22.4 Å². The normalized spacial score (nSPS) is 15.0. The number of rotatable bonds is 6. The van der Waals surface area contributed by atoms with Crippen molar-refractivity contribution in [1.29, 1.82) is 0 Å². The summed E-state index contributed by atoms with van der Waals surface area (Å²) in [7, 11) is 0. The van der Waals surface area contributed by atoms with Gasteiger partial charge in [-0.3, -0.25) is 14.9 Å². The maximum absolute atomic E-state index is 11.9. The molecule has 1 aliphatic heterocycles. The summed E-state index contributed by atoms with van der Waals surface area (Å²) in [5.74, 6) is -0.389. The van der Waals surface area contributed by atoms with Crippen LogP contribution in [0.2, 0.25) is 0 Å². The van der Waals surface area contributed by atoms with E-state index in [2.05, 4.69) is 47.0 Å². The fourth-order valence-corrected chi connectivity index (χ4v) is 5.30. The summed E-state index contributed by atoms with van der Waals surface area (Å²) in [6, 6.07) is 30.8. The highest BCUT2D eigenvalue weighted by atomic mass is 32.2. The minimum absolute atomic E-state index is 0.345. The van der Waals surface area contributed by atoms with E-state index in [1.165, 1.54) is 11.3 Å². The van der Waals surface area contributed by atoms with Crippen molar-refractivity contribution in [2.45, 2.75) is 5.54 Å². The number of amides is 2. The molecule has 2 N–H and O–H groups in total. The van der Waals surface area contributed by atoms with Crippen LogP contribution in [-0.2, 0) is 10.3 Å². The second-order valence-corrected chi connectivity index (χ2v) is 9.28. The highest BCUT2D eigenvalue weighted by Crippen LogP contribution is 2.40. The number of anilines is 1. The number of thiazole rings is 1. The van der Waals surface area contributed by atoms with Gasteiger partial charge in [0.05, 0.1) is 10.6 Å². The molecule has 1 aliphatic rings. The van der Waals surface area contributed by atoms with Gasteiger partial charge in [0, 0.05) is 5.38 Å². The number of nitrogens with one attached hydrogen (secondary N) is 2. The first kappa shape index (κ1) is 21.2. The van der Waals surface area contributed by atoms with Crippen molar-refractivity contribution in [3.05, 3.63) is 124 Å². The molecule has 0 aliphatic carbocycles. The summed E-state index contributed by atoms with van der Waals surface area (Å²) in [6.45, 7) is 0. The molecule has 0 radical (unpaired) electrons. The lowest BCUT2D eigenvalue weighted by Crippen LogP contribution is -2.38. The second kappa shape index (κ2) is 9.05. The summed E-state index contributed by atoms with van der Waals surface area (Å²) < 4.78 is 0. The van der Waals surface area contributed by atoms with Crippen molar-refractivity contribution < 1.29 is 9.59 Å². The Balaban J connectivity index is 1.62. The molecule has 7 heteroatoms. The topological polar surface area (TPSA) is 71.1 Å². The van der Waals surface area contributed by atoms with E-state index in [9.17, 15) is 9.59 Å². The van der Waals surface area contributed by atoms with Gasteiger partial charge in [-0.15, -0.1) is 11.3 Å². The molecule has 2 heterocycles. The molecule has 3 aromatic carbocycles. The zero-order valence-electron chi connectivity index (χ0n) is 17.4. The zero-order chi connectivity index (χ0) is 22.7. The predicted octanol–water partition coefficient (Wildman–Crippen LogP) is 5.87. The molecule has 33 heavy (non-hydrogen) atoms. The fraction of sp³-hybridized carbons (Fsp3) is 0.0385. The van der Waals surface area contributed by atoms with Gasteiger partial charge in [-0.2, -0.15) is 0 Å². The van der Waals surface area contributed by atoms with E-state index in [1.54, 1.807) is 6.08 Å². The van der Waals surface area contributed by atoms with Gasteiger partial charge in [-0.25, -0.2) is 4.98 Å². The molecular weight excluding hydrogens is 450 g/mol. The van der Waals surface area contributed by atoms with Crippen LogP contribution < -0.4 is 10.6 Å². The minimum Gasteiger partial charge on any atom is -0.344 e. The lowest BCUT2D eigenvalue weighted by molar-refractivity contribution is -0.115. The molecule has 1 aromatic heterocycles. The van der Waals surface area contributed by atoms with Crippen LogP contribution in [0.4, 0.5) is 9.93 Å². The molecule has 5 rings (SSSR count). The number of nitrogens with zero attached hydrogens (tertiary/aromatic N) is 1. The number of carbonyl (C=O) groups excluding carboxylic acids is 2. The lowest BCUT2D eigenvalue weighted by Gasteiger charge is -2.36. The largest absolute Gasteiger partial charge is 0.344 e. The summed E-state index contributed by atoms with van der Waals surface area (Å²) in [5.41, 5.74) is 3.18. The number of imide groups is 1. The van der Waals surface area contributed by atoms with E-state index in [0.29, 0.717) is 15.7 Å². The standard InChI is InChI=1S/C26H19N3O2S2/c30-23-22(33-25(31)28-23)16-21-17-32-24(27-21)29-26(18-10-4-1-5-11-18,19-12-6-2-7-13-19)20-14-8-3-9-15-20/h1-17H,(H,27,29)(H,28,30,31). The van der Waals surface area contributed by atoms with Crippen molar-refractivity contribution in [3.8, 4) is 0 Å². The fourth-order valence-electron chi connectivity index (χ4n) is 3.91. The minimum atomic E-state index is -0.679. The molecule has 1 saturated heterocycles. The van der Waals surface area contributed by atoms with Gasteiger partial charge in [-0.1, -0.05) is 91.0 Å². The average Bonchev–Trinajstić information content (AvgIpc) is 3.43. The first-order valence-corrected chi connectivity index (χ1v) is 12.0. The van der Waals surface area contributed by atoms with Gasteiger partial charge in [0.2, 0.25) is 0 Å². The van der Waals surface area contributed by atoms with Gasteiger partial charge in [-0.05, 0) is 34.5 Å². The van der Waals surface area contributed by atoms with Crippen LogP contribution >= 0.6 is 23.1 Å². The van der Waals surface area contributed by atoms with Crippen molar-refractivity contribution in [1.82, 2.24) is 10.3 Å². The Bertz CT molecular complexity index is 1220. The summed E-state index contributed by atoms with van der Waals surface area (Å²) in [6.07, 6.45) is 1.64. The number of hydrogen-bond donors (Lipinski definition) is 2. The second-order valence-electron chi connectivity index (χ2n) is 7.40. The maximum atomic E-state index is 11.9. The number of aromatic nitrogens is 1. The number of carbonyl (C=O) groups is 2. The SMILES string of the molecule is O=C1NC(=O)C(=Cc2csc(NC(c3ccccc3)(c3ccccc3)c3ccccc3)n2)S1. The molecule has 162 valence electrons. The first-order chi connectivity index (χ1) is 16.1. The van der Waals surface area contributed by atoms with E-state index in [1.807, 2.05) is 60.0 Å². The monoisotopic (exact) mass is 469 g/mol. The van der Waals surface area contributed by atoms with Gasteiger partial charge in [0.1, 0.15) is 5.54 Å². The molecule has 1 fully saturated rings. The van der Waals surface area contributed by atoms with E-state index < -0.39 is 5.54 Å². The molecule has 5 nitrogen and oxygen atoms in total. The van der Waals surface area contributed by atoms with Gasteiger partial charge >= 0.3 is 0 Å². The van der Waals surface area contributed by atoms with E-state index in [4.69, 9.17) is 4.98 Å². The highest BCUT2D eigenvalue weighted by molar-refractivity contribution is 8.18. The molecule has 0 spiro atoms. The summed E-state index contributed by atoms with van der Waals surface area (Å²) >= 11 is 2.34. The van der Waals surface area contributed by atoms with Gasteiger partial charge < -0.3 is 5.32 Å². The van der Waals surface area contributed by atoms with Gasteiger partial charge in [0.25, 0.3) is 11.1 Å². The molecule has 0 atom stereocenters. The first-order valence-electron chi connectivity index (χ1n) is 10.3. The average molecular weight is 470 g/mol.